The van der Waals surface area contributed by atoms with Gasteiger partial charge >= 0.3 is 0 Å². The van der Waals surface area contributed by atoms with Crippen LogP contribution in [0.5, 0.6) is 0 Å². The number of aromatic nitrogens is 1. The lowest BCUT2D eigenvalue weighted by atomic mass is 10.1. The average Bonchev–Trinajstić information content (AvgIpc) is 3.65. The van der Waals surface area contributed by atoms with Gasteiger partial charge in [0.05, 0.1) is 18.8 Å². The molecule has 4 aliphatic rings. The number of nitrogens with zero attached hydrogens (tertiary/aromatic N) is 3. The summed E-state index contributed by atoms with van der Waals surface area (Å²) in [5.41, 5.74) is 4.88. The molecule has 4 saturated heterocycles. The molecular formula is C27H30N4O2S. The molecule has 0 saturated carbocycles. The van der Waals surface area contributed by atoms with Gasteiger partial charge in [-0.15, -0.1) is 0 Å². The first-order chi connectivity index (χ1) is 16.7. The maximum absolute atomic E-state index is 13.2. The normalized spacial score (nSPS) is 26.5. The average molecular weight is 475 g/mol. The summed E-state index contributed by atoms with van der Waals surface area (Å²) in [6, 6.07) is 17.8. The Labute approximate surface area is 204 Å². The molecule has 2 aromatic carbocycles. The van der Waals surface area contributed by atoms with Crippen molar-refractivity contribution in [2.75, 3.05) is 37.7 Å². The zero-order valence-corrected chi connectivity index (χ0v) is 20.1. The Bertz CT molecular complexity index is 1200. The van der Waals surface area contributed by atoms with E-state index in [4.69, 9.17) is 4.74 Å². The molecule has 7 rings (SSSR count). The highest BCUT2D eigenvalue weighted by Crippen LogP contribution is 2.41. The standard InChI is InChI=1S/C27H30N4O2S/c32-27(30-16-20-14-19(30)17-33-20)26-9-12-31(26)34-21-7-8-25(29-10-3-4-11-29)22(15-21)24-13-18-5-1-2-6-23(18)28-24/h1-2,5-8,13,15,19-20,26,28H,3-4,9-12,14,16-17H2/t19?,20-,26?/m1/s1. The molecule has 3 atom stereocenters. The van der Waals surface area contributed by atoms with Gasteiger partial charge in [0, 0.05) is 58.9 Å². The number of hydrogen-bond donors (Lipinski definition) is 1. The van der Waals surface area contributed by atoms with Crippen molar-refractivity contribution in [2.24, 2.45) is 0 Å². The Balaban J connectivity index is 1.16. The van der Waals surface area contributed by atoms with E-state index in [0.717, 1.165) is 44.7 Å². The van der Waals surface area contributed by atoms with Crippen molar-refractivity contribution >= 4 is 34.4 Å². The predicted octanol–water partition coefficient (Wildman–Crippen LogP) is 4.52. The molecule has 0 aliphatic carbocycles. The van der Waals surface area contributed by atoms with Crippen molar-refractivity contribution in [1.29, 1.82) is 0 Å². The summed E-state index contributed by atoms with van der Waals surface area (Å²) in [5.74, 6) is 0.291. The van der Waals surface area contributed by atoms with Gasteiger partial charge in [-0.3, -0.25) is 4.79 Å². The Morgan fingerprint density at radius 2 is 1.94 bits per heavy atom. The second-order valence-electron chi connectivity index (χ2n) is 10.0. The SMILES string of the molecule is O=C(C1CCN1Sc1ccc(N2CCCC2)c(-c2cc3ccccc3[nH]2)c1)N1C[C@H]2CC1CO2. The largest absolute Gasteiger partial charge is 0.374 e. The summed E-state index contributed by atoms with van der Waals surface area (Å²) in [4.78, 5) is 22.7. The highest BCUT2D eigenvalue weighted by Gasteiger charge is 2.46. The molecule has 1 N–H and O–H groups in total. The molecule has 1 aromatic heterocycles. The summed E-state index contributed by atoms with van der Waals surface area (Å²) in [6.07, 6.45) is 4.72. The number of nitrogens with one attached hydrogen (secondary N) is 1. The van der Waals surface area contributed by atoms with E-state index in [1.807, 2.05) is 0 Å². The molecule has 34 heavy (non-hydrogen) atoms. The predicted molar refractivity (Wildman–Crippen MR) is 136 cm³/mol. The van der Waals surface area contributed by atoms with E-state index in [1.165, 1.54) is 39.9 Å². The van der Waals surface area contributed by atoms with Gasteiger partial charge in [0.2, 0.25) is 5.91 Å². The van der Waals surface area contributed by atoms with Crippen LogP contribution in [0.1, 0.15) is 25.7 Å². The number of amides is 1. The highest BCUT2D eigenvalue weighted by molar-refractivity contribution is 7.97. The number of para-hydroxylation sites is 1. The van der Waals surface area contributed by atoms with Crippen molar-refractivity contribution < 1.29 is 9.53 Å². The number of carbonyl (C=O) groups is 1. The number of hydrogen-bond acceptors (Lipinski definition) is 5. The number of ether oxygens (including phenoxy) is 1. The van der Waals surface area contributed by atoms with Gasteiger partial charge in [0.15, 0.2) is 0 Å². The first kappa shape index (κ1) is 20.9. The van der Waals surface area contributed by atoms with Crippen LogP contribution in [0, 0.1) is 0 Å². The van der Waals surface area contributed by atoms with Gasteiger partial charge in [0.25, 0.3) is 0 Å². The van der Waals surface area contributed by atoms with E-state index < -0.39 is 0 Å². The lowest BCUT2D eigenvalue weighted by Gasteiger charge is -2.42. The van der Waals surface area contributed by atoms with Crippen LogP contribution in [0.15, 0.2) is 53.4 Å². The fourth-order valence-corrected chi connectivity index (χ4v) is 7.05. The van der Waals surface area contributed by atoms with Gasteiger partial charge in [-0.2, -0.15) is 0 Å². The van der Waals surface area contributed by atoms with Gasteiger partial charge < -0.3 is 19.5 Å². The number of H-pyrrole nitrogens is 1. The topological polar surface area (TPSA) is 51.8 Å². The number of aromatic amines is 1. The smallest absolute Gasteiger partial charge is 0.241 e. The van der Waals surface area contributed by atoms with Crippen LogP contribution in [0.4, 0.5) is 5.69 Å². The number of rotatable bonds is 5. The minimum absolute atomic E-state index is 0.0147. The Kier molecular flexibility index (Phi) is 5.11. The number of anilines is 1. The van der Waals surface area contributed by atoms with Crippen LogP contribution >= 0.6 is 11.9 Å². The summed E-state index contributed by atoms with van der Waals surface area (Å²) in [6.45, 7) is 4.67. The fourth-order valence-electron chi connectivity index (χ4n) is 5.96. The van der Waals surface area contributed by atoms with Gasteiger partial charge in [-0.25, -0.2) is 4.31 Å². The number of carbonyl (C=O) groups excluding carboxylic acids is 1. The zero-order chi connectivity index (χ0) is 22.6. The van der Waals surface area contributed by atoms with E-state index in [1.54, 1.807) is 11.9 Å². The molecule has 0 spiro atoms. The van der Waals surface area contributed by atoms with Crippen molar-refractivity contribution in [3.8, 4) is 11.3 Å². The van der Waals surface area contributed by atoms with Gasteiger partial charge in [-0.05, 0) is 68.0 Å². The zero-order valence-electron chi connectivity index (χ0n) is 19.3. The lowest BCUT2D eigenvalue weighted by molar-refractivity contribution is -0.142. The quantitative estimate of drug-likeness (QED) is 0.551. The molecular weight excluding hydrogens is 444 g/mol. The summed E-state index contributed by atoms with van der Waals surface area (Å²) < 4.78 is 7.97. The molecule has 4 aliphatic heterocycles. The second kappa shape index (κ2) is 8.33. The molecule has 5 heterocycles. The molecule has 1 amide bonds. The number of morpholine rings is 1. The molecule has 6 nitrogen and oxygen atoms in total. The number of benzene rings is 2. The van der Waals surface area contributed by atoms with E-state index in [2.05, 4.69) is 67.6 Å². The van der Waals surface area contributed by atoms with Crippen LogP contribution in [-0.4, -0.2) is 71.1 Å². The molecule has 3 aromatic rings. The summed E-state index contributed by atoms with van der Waals surface area (Å²) in [5, 5.41) is 1.24. The van der Waals surface area contributed by atoms with Crippen molar-refractivity contribution in [2.45, 2.75) is 48.8 Å². The van der Waals surface area contributed by atoms with Crippen LogP contribution in [-0.2, 0) is 9.53 Å². The second-order valence-corrected chi connectivity index (χ2v) is 11.1. The molecule has 2 unspecified atom stereocenters. The first-order valence-electron chi connectivity index (χ1n) is 12.6. The Morgan fingerprint density at radius 1 is 1.06 bits per heavy atom. The molecule has 7 heteroatoms. The van der Waals surface area contributed by atoms with Crippen LogP contribution in [0.2, 0.25) is 0 Å². The number of likely N-dealkylation sites (tertiary alicyclic amines) is 1. The van der Waals surface area contributed by atoms with Crippen molar-refractivity contribution in [3.63, 3.8) is 0 Å². The third-order valence-corrected chi connectivity index (χ3v) is 9.03. The third kappa shape index (κ3) is 3.53. The van der Waals surface area contributed by atoms with Gasteiger partial charge in [0.1, 0.15) is 6.04 Å². The Morgan fingerprint density at radius 3 is 2.68 bits per heavy atom. The van der Waals surface area contributed by atoms with E-state index in [0.29, 0.717) is 18.6 Å². The van der Waals surface area contributed by atoms with Crippen LogP contribution in [0.25, 0.3) is 22.2 Å². The molecule has 4 fully saturated rings. The van der Waals surface area contributed by atoms with E-state index >= 15 is 0 Å². The maximum atomic E-state index is 13.2. The number of fused-ring (bicyclic) bond motifs is 3. The monoisotopic (exact) mass is 474 g/mol. The molecule has 0 radical (unpaired) electrons. The highest BCUT2D eigenvalue weighted by atomic mass is 32.2. The van der Waals surface area contributed by atoms with Gasteiger partial charge in [-0.1, -0.05) is 18.2 Å². The van der Waals surface area contributed by atoms with E-state index in [9.17, 15) is 4.79 Å². The van der Waals surface area contributed by atoms with Crippen molar-refractivity contribution in [1.82, 2.24) is 14.2 Å². The minimum atomic E-state index is -0.0147. The lowest BCUT2D eigenvalue weighted by Crippen LogP contribution is -2.56. The van der Waals surface area contributed by atoms with Crippen LogP contribution in [0.3, 0.4) is 0 Å². The first-order valence-corrected chi connectivity index (χ1v) is 13.3. The van der Waals surface area contributed by atoms with Crippen molar-refractivity contribution in [3.05, 3.63) is 48.5 Å². The summed E-state index contributed by atoms with van der Waals surface area (Å²) in [7, 11) is 0. The maximum Gasteiger partial charge on any atom is 0.241 e. The molecule has 2 bridgehead atoms. The fraction of sp³-hybridized carbons (Fsp3) is 0.444. The molecule has 176 valence electrons. The minimum Gasteiger partial charge on any atom is -0.374 e. The van der Waals surface area contributed by atoms with E-state index in [-0.39, 0.29) is 12.1 Å². The Hall–Kier alpha value is -2.48. The third-order valence-electron chi connectivity index (χ3n) is 7.90. The van der Waals surface area contributed by atoms with Crippen LogP contribution < -0.4 is 4.90 Å². The summed E-state index contributed by atoms with van der Waals surface area (Å²) >= 11 is 1.73.